The van der Waals surface area contributed by atoms with E-state index in [1.807, 2.05) is 35.4 Å². The van der Waals surface area contributed by atoms with Gasteiger partial charge in [-0.25, -0.2) is 0 Å². The number of aliphatic hydroxyl groups is 1. The first kappa shape index (κ1) is 19.3. The zero-order chi connectivity index (χ0) is 19.5. The van der Waals surface area contributed by atoms with Crippen LogP contribution < -0.4 is 0 Å². The molecule has 1 aromatic carbocycles. The van der Waals surface area contributed by atoms with Crippen molar-refractivity contribution >= 4 is 16.8 Å². The van der Waals surface area contributed by atoms with Crippen molar-refractivity contribution in [1.82, 2.24) is 19.7 Å². The smallest absolute Gasteiger partial charge is 0.236 e. The van der Waals surface area contributed by atoms with Crippen molar-refractivity contribution in [3.8, 4) is 0 Å². The van der Waals surface area contributed by atoms with Crippen LogP contribution >= 0.6 is 0 Å². The lowest BCUT2D eigenvalue weighted by Crippen LogP contribution is -2.41. The summed E-state index contributed by atoms with van der Waals surface area (Å²) in [5.74, 6) is 0.218. The van der Waals surface area contributed by atoms with E-state index >= 15 is 0 Å². The highest BCUT2D eigenvalue weighted by molar-refractivity contribution is 5.82. The van der Waals surface area contributed by atoms with Crippen LogP contribution in [0, 0.1) is 5.92 Å². The first-order chi connectivity index (χ1) is 13.6. The van der Waals surface area contributed by atoms with Crippen LogP contribution in [0.3, 0.4) is 0 Å². The van der Waals surface area contributed by atoms with Gasteiger partial charge in [0.15, 0.2) is 0 Å². The Morgan fingerprint density at radius 3 is 2.89 bits per heavy atom. The number of aliphatic hydroxyl groups excluding tert-OH is 1. The van der Waals surface area contributed by atoms with Gasteiger partial charge >= 0.3 is 0 Å². The highest BCUT2D eigenvalue weighted by atomic mass is 16.3. The molecule has 4 rings (SSSR count). The Morgan fingerprint density at radius 2 is 2.00 bits per heavy atom. The second-order valence-corrected chi connectivity index (χ2v) is 8.25. The van der Waals surface area contributed by atoms with Crippen LogP contribution in [0.25, 0.3) is 10.9 Å². The highest BCUT2D eigenvalue weighted by Crippen LogP contribution is 2.25. The number of amides is 1. The van der Waals surface area contributed by atoms with Crippen molar-refractivity contribution in [1.29, 1.82) is 0 Å². The zero-order valence-electron chi connectivity index (χ0n) is 16.6. The summed E-state index contributed by atoms with van der Waals surface area (Å²) in [6.45, 7) is 5.54. The summed E-state index contributed by atoms with van der Waals surface area (Å²) in [7, 11) is 2.13. The molecule has 0 unspecified atom stereocenters. The molecule has 2 fully saturated rings. The van der Waals surface area contributed by atoms with Gasteiger partial charge in [0.05, 0.1) is 18.2 Å². The number of hydrogen-bond donors (Lipinski definition) is 1. The quantitative estimate of drug-likeness (QED) is 0.862. The van der Waals surface area contributed by atoms with Gasteiger partial charge in [-0.05, 0) is 50.7 Å². The minimum Gasteiger partial charge on any atom is -0.391 e. The molecule has 1 amide bonds. The first-order valence-corrected chi connectivity index (χ1v) is 10.3. The fourth-order valence-corrected chi connectivity index (χ4v) is 4.42. The van der Waals surface area contributed by atoms with E-state index in [4.69, 9.17) is 0 Å². The molecule has 2 aliphatic heterocycles. The van der Waals surface area contributed by atoms with Crippen LogP contribution in [-0.4, -0.2) is 89.7 Å². The number of benzene rings is 1. The Bertz CT molecular complexity index is 822. The Hall–Kier alpha value is -2.02. The third-order valence-electron chi connectivity index (χ3n) is 6.15. The summed E-state index contributed by atoms with van der Waals surface area (Å²) < 4.78 is 0. The minimum atomic E-state index is -0.467. The molecule has 2 aliphatic rings. The van der Waals surface area contributed by atoms with Crippen molar-refractivity contribution in [2.75, 3.05) is 52.9 Å². The van der Waals surface area contributed by atoms with E-state index < -0.39 is 6.10 Å². The number of para-hydroxylation sites is 1. The highest BCUT2D eigenvalue weighted by Gasteiger charge is 2.34. The lowest BCUT2D eigenvalue weighted by molar-refractivity contribution is -0.131. The van der Waals surface area contributed by atoms with Gasteiger partial charge in [-0.15, -0.1) is 0 Å². The molecule has 0 radical (unpaired) electrons. The number of carbonyl (C=O) groups excluding carboxylic acids is 1. The van der Waals surface area contributed by atoms with Crippen LogP contribution in [0.4, 0.5) is 0 Å². The fourth-order valence-electron chi connectivity index (χ4n) is 4.42. The molecule has 28 heavy (non-hydrogen) atoms. The van der Waals surface area contributed by atoms with Crippen molar-refractivity contribution in [3.63, 3.8) is 0 Å². The van der Waals surface area contributed by atoms with Gasteiger partial charge in [-0.2, -0.15) is 0 Å². The molecule has 1 N–H and O–H groups in total. The molecule has 6 nitrogen and oxygen atoms in total. The summed E-state index contributed by atoms with van der Waals surface area (Å²) in [6.07, 6.45) is 3.23. The molecule has 0 saturated carbocycles. The zero-order valence-corrected chi connectivity index (χ0v) is 16.6. The maximum absolute atomic E-state index is 12.8. The molecular formula is C22H30N4O2. The Balaban J connectivity index is 1.38. The molecule has 0 spiro atoms. The van der Waals surface area contributed by atoms with E-state index in [0.29, 0.717) is 19.6 Å². The van der Waals surface area contributed by atoms with Crippen molar-refractivity contribution in [2.24, 2.45) is 5.92 Å². The van der Waals surface area contributed by atoms with Gasteiger partial charge in [-0.3, -0.25) is 14.7 Å². The number of rotatable bonds is 4. The summed E-state index contributed by atoms with van der Waals surface area (Å²) in [6, 6.07) is 10.1. The molecule has 150 valence electrons. The predicted molar refractivity (Wildman–Crippen MR) is 110 cm³/mol. The van der Waals surface area contributed by atoms with Crippen LogP contribution in [0.1, 0.15) is 12.0 Å². The Morgan fingerprint density at radius 1 is 1.14 bits per heavy atom. The number of aromatic nitrogens is 1. The number of carbonyl (C=O) groups is 1. The molecule has 6 heteroatoms. The summed E-state index contributed by atoms with van der Waals surface area (Å²) in [5, 5.41) is 11.7. The molecular weight excluding hydrogens is 352 g/mol. The molecule has 0 bridgehead atoms. The van der Waals surface area contributed by atoms with Crippen molar-refractivity contribution in [3.05, 3.63) is 42.1 Å². The van der Waals surface area contributed by atoms with Crippen LogP contribution in [0.15, 0.2) is 36.5 Å². The van der Waals surface area contributed by atoms with E-state index in [9.17, 15) is 9.90 Å². The maximum Gasteiger partial charge on any atom is 0.236 e. The average Bonchev–Trinajstić information content (AvgIpc) is 2.94. The van der Waals surface area contributed by atoms with E-state index in [0.717, 1.165) is 49.9 Å². The third-order valence-corrected chi connectivity index (χ3v) is 6.15. The van der Waals surface area contributed by atoms with Gasteiger partial charge in [0.25, 0.3) is 0 Å². The minimum absolute atomic E-state index is 0.0741. The molecule has 3 heterocycles. The SMILES string of the molecule is CN1CCCN(CC(=O)N2C[C@@H](Cc3ccnc4ccccc34)[C@@H](O)C2)CC1. The lowest BCUT2D eigenvalue weighted by atomic mass is 9.94. The average molecular weight is 383 g/mol. The Labute approximate surface area is 166 Å². The van der Waals surface area contributed by atoms with E-state index in [2.05, 4.69) is 27.9 Å². The Kier molecular flexibility index (Phi) is 5.90. The van der Waals surface area contributed by atoms with Gasteiger partial charge in [0.2, 0.25) is 5.91 Å². The molecule has 2 aromatic rings. The molecule has 2 saturated heterocycles. The monoisotopic (exact) mass is 382 g/mol. The second kappa shape index (κ2) is 8.55. The number of likely N-dealkylation sites (N-methyl/N-ethyl adjacent to an activating group) is 1. The van der Waals surface area contributed by atoms with Gasteiger partial charge in [0.1, 0.15) is 0 Å². The number of pyridine rings is 1. The van der Waals surface area contributed by atoms with Gasteiger partial charge in [0, 0.05) is 43.7 Å². The largest absolute Gasteiger partial charge is 0.391 e. The van der Waals surface area contributed by atoms with Crippen LogP contribution in [-0.2, 0) is 11.2 Å². The molecule has 0 aliphatic carbocycles. The third kappa shape index (κ3) is 4.35. The lowest BCUT2D eigenvalue weighted by Gasteiger charge is -2.23. The van der Waals surface area contributed by atoms with Crippen LogP contribution in [0.2, 0.25) is 0 Å². The normalized spacial score (nSPS) is 24.6. The summed E-state index contributed by atoms with van der Waals surface area (Å²) in [5.41, 5.74) is 2.17. The van der Waals surface area contributed by atoms with Gasteiger partial charge in [-0.1, -0.05) is 18.2 Å². The number of likely N-dealkylation sites (tertiary alicyclic amines) is 1. The van der Waals surface area contributed by atoms with E-state index in [1.54, 1.807) is 0 Å². The molecule has 2 atom stereocenters. The van der Waals surface area contributed by atoms with E-state index in [-0.39, 0.29) is 11.8 Å². The molecule has 1 aromatic heterocycles. The number of hydrogen-bond acceptors (Lipinski definition) is 5. The topological polar surface area (TPSA) is 59.9 Å². The number of fused-ring (bicyclic) bond motifs is 1. The maximum atomic E-state index is 12.8. The number of nitrogens with zero attached hydrogens (tertiary/aromatic N) is 4. The predicted octanol–water partition coefficient (Wildman–Crippen LogP) is 1.23. The standard InChI is InChI=1S/C22H30N4O2/c1-24-9-4-10-25(12-11-24)16-22(28)26-14-18(21(27)15-26)13-17-7-8-23-20-6-3-2-5-19(17)20/h2-3,5-8,18,21,27H,4,9-16H2,1H3/t18-,21+/m1/s1. The van der Waals surface area contributed by atoms with E-state index in [1.165, 1.54) is 5.56 Å². The summed E-state index contributed by atoms with van der Waals surface area (Å²) in [4.78, 5) is 23.7. The van der Waals surface area contributed by atoms with Gasteiger partial charge < -0.3 is 14.9 Å². The second-order valence-electron chi connectivity index (χ2n) is 8.25. The van der Waals surface area contributed by atoms with Crippen molar-refractivity contribution < 1.29 is 9.90 Å². The summed E-state index contributed by atoms with van der Waals surface area (Å²) >= 11 is 0. The first-order valence-electron chi connectivity index (χ1n) is 10.3. The van der Waals surface area contributed by atoms with Crippen LogP contribution in [0.5, 0.6) is 0 Å². The fraction of sp³-hybridized carbons (Fsp3) is 0.545. The van der Waals surface area contributed by atoms with Crippen molar-refractivity contribution in [2.45, 2.75) is 18.9 Å². The number of β-amino-alcohol motifs (C(OH)–C–C–N with tert-alkyl or cyclic N) is 1.